The number of rotatable bonds is 3. The van der Waals surface area contributed by atoms with Gasteiger partial charge >= 0.3 is 5.63 Å². The summed E-state index contributed by atoms with van der Waals surface area (Å²) in [6.07, 6.45) is 4.83. The van der Waals surface area contributed by atoms with Crippen LogP contribution in [0.5, 0.6) is 0 Å². The van der Waals surface area contributed by atoms with Crippen molar-refractivity contribution in [3.05, 3.63) is 69.8 Å². The Kier molecular flexibility index (Phi) is 3.47. The van der Waals surface area contributed by atoms with E-state index in [0.29, 0.717) is 5.58 Å². The van der Waals surface area contributed by atoms with Crippen LogP contribution < -0.4 is 5.63 Å². The molecule has 2 aromatic heterocycles. The molecule has 110 valence electrons. The summed E-state index contributed by atoms with van der Waals surface area (Å²) in [5.74, 6) is -0.386. The van der Waals surface area contributed by atoms with Gasteiger partial charge in [0.05, 0.1) is 5.69 Å². The summed E-state index contributed by atoms with van der Waals surface area (Å²) in [5.41, 5.74) is 1.52. The van der Waals surface area contributed by atoms with Crippen LogP contribution in [-0.2, 0) is 7.05 Å². The van der Waals surface area contributed by atoms with Crippen LogP contribution in [0.2, 0.25) is 0 Å². The molecular weight excluding hydrogens is 280 g/mol. The van der Waals surface area contributed by atoms with Gasteiger partial charge in [0.2, 0.25) is 0 Å². The van der Waals surface area contributed by atoms with Crippen LogP contribution in [0.1, 0.15) is 21.6 Å². The first-order valence-corrected chi connectivity index (χ1v) is 6.80. The number of fused-ring (bicyclic) bond motifs is 1. The Morgan fingerprint density at radius 3 is 2.82 bits per heavy atom. The van der Waals surface area contributed by atoms with Crippen LogP contribution in [0.4, 0.5) is 0 Å². The molecule has 0 N–H and O–H groups in total. The maximum atomic E-state index is 12.2. The highest BCUT2D eigenvalue weighted by Gasteiger charge is 2.11. The van der Waals surface area contributed by atoms with Crippen molar-refractivity contribution in [3.63, 3.8) is 0 Å². The highest BCUT2D eigenvalue weighted by molar-refractivity contribution is 6.07. The number of carbonyl (C=O) groups is 1. The van der Waals surface area contributed by atoms with E-state index in [-0.39, 0.29) is 11.3 Å². The number of ketones is 1. The van der Waals surface area contributed by atoms with Crippen LogP contribution in [-0.4, -0.2) is 15.6 Å². The van der Waals surface area contributed by atoms with Gasteiger partial charge in [0, 0.05) is 24.2 Å². The molecule has 0 atom stereocenters. The zero-order valence-corrected chi connectivity index (χ0v) is 12.2. The Balaban J connectivity index is 1.97. The largest absolute Gasteiger partial charge is 0.422 e. The third-order valence-corrected chi connectivity index (χ3v) is 3.37. The third kappa shape index (κ3) is 2.61. The van der Waals surface area contributed by atoms with Gasteiger partial charge in [-0.25, -0.2) is 4.79 Å². The van der Waals surface area contributed by atoms with Crippen molar-refractivity contribution in [2.24, 2.45) is 7.05 Å². The van der Waals surface area contributed by atoms with Crippen molar-refractivity contribution in [1.82, 2.24) is 9.78 Å². The summed E-state index contributed by atoms with van der Waals surface area (Å²) >= 11 is 0. The van der Waals surface area contributed by atoms with Gasteiger partial charge in [0.15, 0.2) is 5.78 Å². The molecular formula is C17H14N2O3. The zero-order chi connectivity index (χ0) is 15.7. The Morgan fingerprint density at radius 2 is 2.09 bits per heavy atom. The van der Waals surface area contributed by atoms with Crippen LogP contribution >= 0.6 is 0 Å². The Hall–Kier alpha value is -2.95. The van der Waals surface area contributed by atoms with Crippen LogP contribution in [0.25, 0.3) is 17.0 Å². The number of carbonyl (C=O) groups excluding carboxylic acids is 1. The van der Waals surface area contributed by atoms with Crippen molar-refractivity contribution >= 4 is 22.8 Å². The van der Waals surface area contributed by atoms with Gasteiger partial charge in [-0.2, -0.15) is 5.10 Å². The van der Waals surface area contributed by atoms with E-state index in [9.17, 15) is 9.59 Å². The summed E-state index contributed by atoms with van der Waals surface area (Å²) in [6, 6.07) is 8.65. The second kappa shape index (κ2) is 5.44. The van der Waals surface area contributed by atoms with E-state index in [1.807, 2.05) is 26.2 Å². The number of nitrogens with zero attached hydrogens (tertiary/aromatic N) is 2. The quantitative estimate of drug-likeness (QED) is 0.423. The van der Waals surface area contributed by atoms with Crippen molar-refractivity contribution in [1.29, 1.82) is 0 Å². The second-order valence-corrected chi connectivity index (χ2v) is 5.03. The summed E-state index contributed by atoms with van der Waals surface area (Å²) in [4.78, 5) is 24.1. The predicted molar refractivity (Wildman–Crippen MR) is 83.8 cm³/mol. The van der Waals surface area contributed by atoms with E-state index in [4.69, 9.17) is 4.42 Å². The van der Waals surface area contributed by atoms with E-state index >= 15 is 0 Å². The van der Waals surface area contributed by atoms with Gasteiger partial charge in [0.1, 0.15) is 11.1 Å². The Bertz CT molecular complexity index is 948. The highest BCUT2D eigenvalue weighted by Crippen LogP contribution is 2.14. The first-order chi connectivity index (χ1) is 10.5. The van der Waals surface area contributed by atoms with Gasteiger partial charge in [-0.1, -0.05) is 18.2 Å². The average molecular weight is 294 g/mol. The number of aryl methyl sites for hydroxylation is 2. The first-order valence-electron chi connectivity index (χ1n) is 6.80. The van der Waals surface area contributed by atoms with Crippen LogP contribution in [0, 0.1) is 6.92 Å². The molecule has 0 aliphatic rings. The minimum Gasteiger partial charge on any atom is -0.422 e. The maximum absolute atomic E-state index is 12.2. The lowest BCUT2D eigenvalue weighted by Gasteiger charge is -1.98. The van der Waals surface area contributed by atoms with Crippen molar-refractivity contribution in [2.45, 2.75) is 6.92 Å². The van der Waals surface area contributed by atoms with E-state index in [2.05, 4.69) is 5.10 Å². The molecule has 3 aromatic rings. The Morgan fingerprint density at radius 1 is 1.32 bits per heavy atom. The Labute approximate surface area is 126 Å². The summed E-state index contributed by atoms with van der Waals surface area (Å²) in [7, 11) is 1.81. The number of hydrogen-bond donors (Lipinski definition) is 0. The molecule has 0 spiro atoms. The fourth-order valence-corrected chi connectivity index (χ4v) is 2.27. The molecule has 5 heteroatoms. The summed E-state index contributed by atoms with van der Waals surface area (Å²) < 4.78 is 6.84. The lowest BCUT2D eigenvalue weighted by molar-refractivity contribution is 0.104. The summed E-state index contributed by atoms with van der Waals surface area (Å²) in [5, 5.41) is 4.91. The number of hydrogen-bond acceptors (Lipinski definition) is 4. The molecule has 0 bridgehead atoms. The third-order valence-electron chi connectivity index (χ3n) is 3.37. The first kappa shape index (κ1) is 14.0. The normalized spacial score (nSPS) is 11.4. The number of para-hydroxylation sites is 1. The van der Waals surface area contributed by atoms with Gasteiger partial charge in [-0.15, -0.1) is 0 Å². The SMILES string of the molecule is Cc1nn(C)cc1C=CC(=O)c1cc2ccccc2oc1=O. The molecule has 0 aliphatic heterocycles. The maximum Gasteiger partial charge on any atom is 0.347 e. The molecule has 5 nitrogen and oxygen atoms in total. The van der Waals surface area contributed by atoms with E-state index < -0.39 is 5.63 Å². The molecule has 2 heterocycles. The average Bonchev–Trinajstić information content (AvgIpc) is 2.82. The van der Waals surface area contributed by atoms with Crippen molar-refractivity contribution < 1.29 is 9.21 Å². The molecule has 0 amide bonds. The fraction of sp³-hybridized carbons (Fsp3) is 0.118. The molecule has 0 saturated carbocycles. The van der Waals surface area contributed by atoms with E-state index in [1.165, 1.54) is 6.08 Å². The van der Waals surface area contributed by atoms with Crippen molar-refractivity contribution in [2.75, 3.05) is 0 Å². The molecule has 0 saturated heterocycles. The molecule has 3 rings (SSSR count). The van der Waals surface area contributed by atoms with E-state index in [0.717, 1.165) is 16.6 Å². The fourth-order valence-electron chi connectivity index (χ4n) is 2.27. The highest BCUT2D eigenvalue weighted by atomic mass is 16.4. The molecule has 0 unspecified atom stereocenters. The van der Waals surface area contributed by atoms with Crippen molar-refractivity contribution in [3.8, 4) is 0 Å². The lowest BCUT2D eigenvalue weighted by Crippen LogP contribution is -2.11. The molecule has 22 heavy (non-hydrogen) atoms. The smallest absolute Gasteiger partial charge is 0.347 e. The van der Waals surface area contributed by atoms with Crippen LogP contribution in [0.15, 0.2) is 51.8 Å². The number of allylic oxidation sites excluding steroid dienone is 1. The minimum absolute atomic E-state index is 0.0245. The minimum atomic E-state index is -0.628. The second-order valence-electron chi connectivity index (χ2n) is 5.03. The topological polar surface area (TPSA) is 65.1 Å². The standard InChI is InChI=1S/C17H14N2O3/c1-11-13(10-19(2)18-11)7-8-15(20)14-9-12-5-3-4-6-16(12)22-17(14)21/h3-10H,1-2H3. The lowest BCUT2D eigenvalue weighted by atomic mass is 10.1. The predicted octanol–water partition coefficient (Wildman–Crippen LogP) is 2.73. The zero-order valence-electron chi connectivity index (χ0n) is 12.2. The summed E-state index contributed by atoms with van der Waals surface area (Å²) in [6.45, 7) is 1.86. The van der Waals surface area contributed by atoms with Gasteiger partial charge < -0.3 is 4.42 Å². The van der Waals surface area contributed by atoms with Gasteiger partial charge in [-0.3, -0.25) is 9.48 Å². The molecule has 1 aromatic carbocycles. The van der Waals surface area contributed by atoms with Gasteiger partial charge in [-0.05, 0) is 31.2 Å². The molecule has 0 radical (unpaired) electrons. The number of benzene rings is 1. The van der Waals surface area contributed by atoms with Crippen LogP contribution in [0.3, 0.4) is 0 Å². The molecule has 0 fully saturated rings. The molecule has 0 aliphatic carbocycles. The monoisotopic (exact) mass is 294 g/mol. The van der Waals surface area contributed by atoms with Gasteiger partial charge in [0.25, 0.3) is 0 Å². The number of aromatic nitrogens is 2. The van der Waals surface area contributed by atoms with E-state index in [1.54, 1.807) is 35.0 Å².